The molecule has 1 aromatic carbocycles. The average molecular weight is 338 g/mol. The van der Waals surface area contributed by atoms with Crippen LogP contribution in [-0.2, 0) is 14.3 Å². The smallest absolute Gasteiger partial charge is 0.338 e. The van der Waals surface area contributed by atoms with E-state index in [9.17, 15) is 9.59 Å². The molecular weight excluding hydrogens is 318 g/mol. The Balaban J connectivity index is 1.78. The van der Waals surface area contributed by atoms with Gasteiger partial charge >= 0.3 is 11.9 Å². The number of piperidine rings is 1. The van der Waals surface area contributed by atoms with Gasteiger partial charge in [-0.05, 0) is 44.2 Å². The van der Waals surface area contributed by atoms with Crippen LogP contribution in [0.5, 0.6) is 0 Å². The lowest BCUT2D eigenvalue weighted by atomic mass is 9.87. The van der Waals surface area contributed by atoms with E-state index in [1.165, 1.54) is 7.11 Å². The SMILES string of the molecule is COC(=O)[C@@H]1[C@H]2CC[C@@H](C[C@H]1OC(=O)c1ccc(Cl)cc1)N2C. The van der Waals surface area contributed by atoms with Gasteiger partial charge in [0.15, 0.2) is 0 Å². The first-order valence-corrected chi connectivity index (χ1v) is 8.15. The fraction of sp³-hybridized carbons (Fsp3) is 0.529. The average Bonchev–Trinajstić information content (AvgIpc) is 2.78. The van der Waals surface area contributed by atoms with Crippen LogP contribution in [0.1, 0.15) is 29.6 Å². The Bertz CT molecular complexity index is 603. The molecule has 5 nitrogen and oxygen atoms in total. The number of nitrogens with zero attached hydrogens (tertiary/aromatic N) is 1. The molecule has 4 atom stereocenters. The van der Waals surface area contributed by atoms with E-state index in [0.29, 0.717) is 23.0 Å². The first-order chi connectivity index (χ1) is 11.0. The maximum atomic E-state index is 12.4. The molecule has 1 aromatic rings. The second-order valence-electron chi connectivity index (χ2n) is 6.20. The van der Waals surface area contributed by atoms with Crippen LogP contribution < -0.4 is 0 Å². The number of benzene rings is 1. The molecule has 2 saturated heterocycles. The van der Waals surface area contributed by atoms with Gasteiger partial charge in [-0.2, -0.15) is 0 Å². The van der Waals surface area contributed by atoms with E-state index in [1.54, 1.807) is 24.3 Å². The van der Waals surface area contributed by atoms with Crippen LogP contribution in [0.15, 0.2) is 24.3 Å². The molecule has 3 rings (SSSR count). The Morgan fingerprint density at radius 2 is 1.91 bits per heavy atom. The van der Waals surface area contributed by atoms with E-state index in [1.807, 2.05) is 7.05 Å². The molecular formula is C17H20ClNO4. The van der Waals surface area contributed by atoms with Crippen molar-refractivity contribution in [1.82, 2.24) is 4.90 Å². The van der Waals surface area contributed by atoms with Gasteiger partial charge in [0.05, 0.1) is 12.7 Å². The lowest BCUT2D eigenvalue weighted by Gasteiger charge is -2.40. The molecule has 0 radical (unpaired) electrons. The van der Waals surface area contributed by atoms with E-state index in [0.717, 1.165) is 12.8 Å². The second kappa shape index (κ2) is 6.49. The quantitative estimate of drug-likeness (QED) is 0.793. The molecule has 2 heterocycles. The summed E-state index contributed by atoms with van der Waals surface area (Å²) in [4.78, 5) is 26.8. The number of rotatable bonds is 3. The summed E-state index contributed by atoms with van der Waals surface area (Å²) in [5.74, 6) is -1.17. The lowest BCUT2D eigenvalue weighted by Crippen LogP contribution is -2.53. The number of esters is 2. The maximum absolute atomic E-state index is 12.4. The first kappa shape index (κ1) is 16.3. The summed E-state index contributed by atoms with van der Waals surface area (Å²) in [6, 6.07) is 6.97. The molecule has 23 heavy (non-hydrogen) atoms. The molecule has 0 aliphatic carbocycles. The summed E-state index contributed by atoms with van der Waals surface area (Å²) in [7, 11) is 3.40. The Hall–Kier alpha value is -1.59. The molecule has 0 aromatic heterocycles. The molecule has 2 aliphatic heterocycles. The lowest BCUT2D eigenvalue weighted by molar-refractivity contribution is -0.156. The summed E-state index contributed by atoms with van der Waals surface area (Å²) in [5, 5.41) is 0.561. The van der Waals surface area contributed by atoms with Crippen LogP contribution in [0.4, 0.5) is 0 Å². The van der Waals surface area contributed by atoms with Crippen LogP contribution >= 0.6 is 11.6 Å². The molecule has 2 fully saturated rings. The Morgan fingerprint density at radius 3 is 2.57 bits per heavy atom. The van der Waals surface area contributed by atoms with Gasteiger partial charge in [0.1, 0.15) is 12.0 Å². The molecule has 0 spiro atoms. The highest BCUT2D eigenvalue weighted by molar-refractivity contribution is 6.30. The molecule has 6 heteroatoms. The number of fused-ring (bicyclic) bond motifs is 2. The Kier molecular flexibility index (Phi) is 4.60. The minimum atomic E-state index is -0.445. The summed E-state index contributed by atoms with van der Waals surface area (Å²) in [5.41, 5.74) is 0.435. The van der Waals surface area contributed by atoms with Gasteiger partial charge in [0.25, 0.3) is 0 Å². The van der Waals surface area contributed by atoms with Crippen molar-refractivity contribution >= 4 is 23.5 Å². The van der Waals surface area contributed by atoms with Crippen molar-refractivity contribution in [3.63, 3.8) is 0 Å². The molecule has 0 saturated carbocycles. The third kappa shape index (κ3) is 3.08. The number of ether oxygens (including phenoxy) is 2. The number of carbonyl (C=O) groups is 2. The van der Waals surface area contributed by atoms with Crippen LogP contribution in [0.2, 0.25) is 5.02 Å². The van der Waals surface area contributed by atoms with Crippen LogP contribution in [0.25, 0.3) is 0 Å². The zero-order valence-corrected chi connectivity index (χ0v) is 14.0. The highest BCUT2D eigenvalue weighted by Crippen LogP contribution is 2.40. The zero-order valence-electron chi connectivity index (χ0n) is 13.2. The van der Waals surface area contributed by atoms with E-state index in [-0.39, 0.29) is 12.0 Å². The van der Waals surface area contributed by atoms with Gasteiger partial charge in [0.2, 0.25) is 0 Å². The Labute approximate surface area is 140 Å². The van der Waals surface area contributed by atoms with Gasteiger partial charge < -0.3 is 9.47 Å². The van der Waals surface area contributed by atoms with Crippen LogP contribution in [0, 0.1) is 5.92 Å². The summed E-state index contributed by atoms with van der Waals surface area (Å²) in [6.45, 7) is 0. The van der Waals surface area contributed by atoms with Crippen molar-refractivity contribution < 1.29 is 19.1 Å². The largest absolute Gasteiger partial charge is 0.469 e. The highest BCUT2D eigenvalue weighted by Gasteiger charge is 2.50. The topological polar surface area (TPSA) is 55.8 Å². The van der Waals surface area contributed by atoms with E-state index in [4.69, 9.17) is 21.1 Å². The van der Waals surface area contributed by atoms with Crippen molar-refractivity contribution in [3.8, 4) is 0 Å². The van der Waals surface area contributed by atoms with E-state index in [2.05, 4.69) is 4.90 Å². The molecule has 0 N–H and O–H groups in total. The first-order valence-electron chi connectivity index (χ1n) is 7.77. The molecule has 124 valence electrons. The minimum absolute atomic E-state index is 0.0733. The number of hydrogen-bond acceptors (Lipinski definition) is 5. The van der Waals surface area contributed by atoms with Gasteiger partial charge in [0, 0.05) is 23.5 Å². The fourth-order valence-corrected chi connectivity index (χ4v) is 3.90. The third-order valence-corrected chi connectivity index (χ3v) is 5.28. The third-order valence-electron chi connectivity index (χ3n) is 5.03. The number of carbonyl (C=O) groups excluding carboxylic acids is 2. The molecule has 0 amide bonds. The predicted octanol–water partition coefficient (Wildman–Crippen LogP) is 2.52. The fourth-order valence-electron chi connectivity index (χ4n) is 3.78. The monoisotopic (exact) mass is 337 g/mol. The standard InChI is InChI=1S/C17H20ClNO4/c1-19-12-7-8-13(19)15(17(21)22-2)14(9-12)23-16(20)10-3-5-11(18)6-4-10/h3-6,12-15H,7-9H2,1-2H3/t12-,13+,14+,15+/m0/s1. The molecule has 2 bridgehead atoms. The van der Waals surface area contributed by atoms with Gasteiger partial charge in [-0.15, -0.1) is 0 Å². The molecule has 2 aliphatic rings. The summed E-state index contributed by atoms with van der Waals surface area (Å²) in [6.07, 6.45) is 2.16. The predicted molar refractivity (Wildman–Crippen MR) is 85.4 cm³/mol. The van der Waals surface area contributed by atoms with Crippen molar-refractivity contribution in [2.24, 2.45) is 5.92 Å². The van der Waals surface area contributed by atoms with E-state index < -0.39 is 18.0 Å². The number of hydrogen-bond donors (Lipinski definition) is 0. The van der Waals surface area contributed by atoms with Crippen molar-refractivity contribution in [2.75, 3.05) is 14.2 Å². The highest BCUT2D eigenvalue weighted by atomic mass is 35.5. The van der Waals surface area contributed by atoms with Gasteiger partial charge in [-0.1, -0.05) is 11.6 Å². The number of halogens is 1. The summed E-state index contributed by atoms with van der Waals surface area (Å²) >= 11 is 5.84. The van der Waals surface area contributed by atoms with Crippen molar-refractivity contribution in [1.29, 1.82) is 0 Å². The molecule has 0 unspecified atom stereocenters. The summed E-state index contributed by atoms with van der Waals surface area (Å²) < 4.78 is 10.6. The normalized spacial score (nSPS) is 30.0. The van der Waals surface area contributed by atoms with Crippen LogP contribution in [0.3, 0.4) is 0 Å². The van der Waals surface area contributed by atoms with Gasteiger partial charge in [-0.3, -0.25) is 9.69 Å². The number of methoxy groups -OCH3 is 1. The van der Waals surface area contributed by atoms with E-state index >= 15 is 0 Å². The van der Waals surface area contributed by atoms with Crippen molar-refractivity contribution in [3.05, 3.63) is 34.9 Å². The Morgan fingerprint density at radius 1 is 1.22 bits per heavy atom. The minimum Gasteiger partial charge on any atom is -0.469 e. The van der Waals surface area contributed by atoms with Crippen molar-refractivity contribution in [2.45, 2.75) is 37.5 Å². The van der Waals surface area contributed by atoms with Gasteiger partial charge in [-0.25, -0.2) is 4.79 Å². The second-order valence-corrected chi connectivity index (χ2v) is 6.64. The maximum Gasteiger partial charge on any atom is 0.338 e. The zero-order chi connectivity index (χ0) is 16.6. The van der Waals surface area contributed by atoms with Crippen LogP contribution in [-0.4, -0.2) is 49.2 Å².